The van der Waals surface area contributed by atoms with Gasteiger partial charge in [-0.3, -0.25) is 10.1 Å². The number of benzene rings is 2. The number of nitro benzene ring substituents is 1. The van der Waals surface area contributed by atoms with Crippen LogP contribution in [0.4, 0.5) is 10.5 Å². The fraction of sp³-hybridized carbons (Fsp3) is 0.424. The fourth-order valence-corrected chi connectivity index (χ4v) is 4.67. The highest BCUT2D eigenvalue weighted by Gasteiger charge is 2.23. The minimum absolute atomic E-state index is 0.0836. The zero-order chi connectivity index (χ0) is 29.1. The van der Waals surface area contributed by atoms with Crippen LogP contribution >= 0.6 is 0 Å². The molecular formula is C33H41NO6. The third-order valence-electron chi connectivity index (χ3n) is 6.90. The van der Waals surface area contributed by atoms with E-state index in [2.05, 4.69) is 45.9 Å². The zero-order valence-electron chi connectivity index (χ0n) is 24.3. The fourth-order valence-electron chi connectivity index (χ4n) is 4.67. The minimum Gasteiger partial charge on any atom is -0.490 e. The Labute approximate surface area is 237 Å². The van der Waals surface area contributed by atoms with Crippen molar-refractivity contribution in [2.75, 3.05) is 0 Å². The van der Waals surface area contributed by atoms with Crippen molar-refractivity contribution in [1.29, 1.82) is 0 Å². The molecule has 1 aliphatic rings. The molecule has 0 N–H and O–H groups in total. The average molecular weight is 548 g/mol. The van der Waals surface area contributed by atoms with Gasteiger partial charge in [0.1, 0.15) is 17.2 Å². The number of ether oxygens (including phenoxy) is 3. The van der Waals surface area contributed by atoms with Crippen molar-refractivity contribution in [2.45, 2.75) is 92.1 Å². The predicted molar refractivity (Wildman–Crippen MR) is 158 cm³/mol. The van der Waals surface area contributed by atoms with E-state index in [1.807, 2.05) is 13.0 Å². The number of hydrogen-bond acceptors (Lipinski definition) is 6. The molecule has 2 aromatic rings. The van der Waals surface area contributed by atoms with E-state index in [0.717, 1.165) is 68.2 Å². The number of aryl methyl sites for hydroxylation is 2. The molecule has 1 aliphatic heterocycles. The molecule has 0 spiro atoms. The second-order valence-corrected chi connectivity index (χ2v) is 10.7. The summed E-state index contributed by atoms with van der Waals surface area (Å²) in [5, 5.41) is 10.8. The Hall–Kier alpha value is -3.87. The predicted octanol–water partition coefficient (Wildman–Crippen LogP) is 9.37. The second kappa shape index (κ2) is 15.1. The number of carbonyl (C=O) groups is 1. The first-order chi connectivity index (χ1) is 19.1. The highest BCUT2D eigenvalue weighted by molar-refractivity contribution is 5.68. The summed E-state index contributed by atoms with van der Waals surface area (Å²) in [5.41, 5.74) is 6.09. The van der Waals surface area contributed by atoms with E-state index in [0.29, 0.717) is 5.75 Å². The van der Waals surface area contributed by atoms with Crippen LogP contribution in [0.1, 0.15) is 83.8 Å². The number of hydrogen-bond donors (Lipinski definition) is 0. The van der Waals surface area contributed by atoms with Gasteiger partial charge in [-0.15, -0.1) is 0 Å². The van der Waals surface area contributed by atoms with Crippen molar-refractivity contribution in [3.63, 3.8) is 0 Å². The topological polar surface area (TPSA) is 87.9 Å². The van der Waals surface area contributed by atoms with Gasteiger partial charge in [0.2, 0.25) is 0 Å². The first-order valence-electron chi connectivity index (χ1n) is 14.0. The summed E-state index contributed by atoms with van der Waals surface area (Å²) in [7, 11) is 0. The van der Waals surface area contributed by atoms with Crippen LogP contribution in [0.25, 0.3) is 0 Å². The van der Waals surface area contributed by atoms with E-state index in [-0.39, 0.29) is 17.5 Å². The monoisotopic (exact) mass is 547 g/mol. The molecule has 0 amide bonds. The molecule has 7 nitrogen and oxygen atoms in total. The summed E-state index contributed by atoms with van der Waals surface area (Å²) in [6.07, 6.45) is 14.4. The van der Waals surface area contributed by atoms with Crippen LogP contribution in [0.5, 0.6) is 17.2 Å². The van der Waals surface area contributed by atoms with Crippen LogP contribution in [0.2, 0.25) is 0 Å². The molecule has 0 radical (unpaired) electrons. The molecule has 1 unspecified atom stereocenters. The summed E-state index contributed by atoms with van der Waals surface area (Å²) in [6.45, 7) is 10.7. The van der Waals surface area contributed by atoms with Crippen LogP contribution in [0.15, 0.2) is 71.3 Å². The number of nitrogens with zero attached hydrogens (tertiary/aromatic N) is 1. The lowest BCUT2D eigenvalue weighted by Gasteiger charge is -2.27. The number of nitro groups is 1. The van der Waals surface area contributed by atoms with Crippen LogP contribution in [0.3, 0.4) is 0 Å². The summed E-state index contributed by atoms with van der Waals surface area (Å²) < 4.78 is 16.9. The molecular weight excluding hydrogens is 506 g/mol. The second-order valence-electron chi connectivity index (χ2n) is 10.7. The summed E-state index contributed by atoms with van der Waals surface area (Å²) in [6, 6.07) is 8.82. The smallest absolute Gasteiger partial charge is 0.490 e. The largest absolute Gasteiger partial charge is 0.519 e. The van der Waals surface area contributed by atoms with Crippen LogP contribution in [0, 0.1) is 17.0 Å². The lowest BCUT2D eigenvalue weighted by Crippen LogP contribution is -2.23. The molecule has 1 atom stereocenters. The van der Waals surface area contributed by atoms with Crippen molar-refractivity contribution in [3.8, 4) is 17.2 Å². The molecule has 0 aliphatic carbocycles. The Kier molecular flexibility index (Phi) is 11.5. The van der Waals surface area contributed by atoms with Gasteiger partial charge in [-0.2, -0.15) is 0 Å². The molecule has 0 bridgehead atoms. The molecule has 1 heterocycles. The Morgan fingerprint density at radius 1 is 0.950 bits per heavy atom. The van der Waals surface area contributed by atoms with E-state index in [9.17, 15) is 14.9 Å². The van der Waals surface area contributed by atoms with Crippen molar-refractivity contribution >= 4 is 11.8 Å². The van der Waals surface area contributed by atoms with Gasteiger partial charge in [0.25, 0.3) is 5.69 Å². The maximum Gasteiger partial charge on any atom is 0.519 e. The van der Waals surface area contributed by atoms with Gasteiger partial charge in [-0.05, 0) is 121 Å². The number of rotatable bonds is 12. The molecule has 0 fully saturated rings. The maximum atomic E-state index is 12.2. The number of fused-ring (bicyclic) bond motifs is 1. The quantitative estimate of drug-likeness (QED) is 0.0865. The molecule has 7 heteroatoms. The van der Waals surface area contributed by atoms with Crippen LogP contribution in [-0.2, 0) is 6.42 Å². The first-order valence-corrected chi connectivity index (χ1v) is 14.0. The average Bonchev–Trinajstić information content (AvgIpc) is 2.89. The van der Waals surface area contributed by atoms with Crippen molar-refractivity contribution in [1.82, 2.24) is 0 Å². The van der Waals surface area contributed by atoms with Gasteiger partial charge < -0.3 is 14.2 Å². The normalized spacial score (nSPS) is 15.1. The van der Waals surface area contributed by atoms with Gasteiger partial charge in [0, 0.05) is 12.1 Å². The Bertz CT molecular complexity index is 1270. The van der Waals surface area contributed by atoms with E-state index < -0.39 is 11.1 Å². The molecule has 3 rings (SSSR count). The van der Waals surface area contributed by atoms with E-state index in [1.54, 1.807) is 6.07 Å². The van der Waals surface area contributed by atoms with Gasteiger partial charge >= 0.3 is 6.16 Å². The van der Waals surface area contributed by atoms with Gasteiger partial charge in [-0.25, -0.2) is 4.79 Å². The van der Waals surface area contributed by atoms with Gasteiger partial charge in [-0.1, -0.05) is 34.9 Å². The molecule has 214 valence electrons. The van der Waals surface area contributed by atoms with Crippen molar-refractivity contribution in [3.05, 3.63) is 92.6 Å². The maximum absolute atomic E-state index is 12.2. The van der Waals surface area contributed by atoms with Crippen LogP contribution < -0.4 is 14.2 Å². The Balaban J connectivity index is 1.45. The van der Waals surface area contributed by atoms with Crippen LogP contribution in [-0.4, -0.2) is 17.2 Å². The van der Waals surface area contributed by atoms with E-state index in [1.165, 1.54) is 41.0 Å². The lowest BCUT2D eigenvalue weighted by atomic mass is 9.96. The molecule has 0 saturated heterocycles. The number of carbonyl (C=O) groups excluding carboxylic acids is 1. The summed E-state index contributed by atoms with van der Waals surface area (Å²) in [4.78, 5) is 22.5. The van der Waals surface area contributed by atoms with E-state index in [4.69, 9.17) is 14.2 Å². The number of allylic oxidation sites excluding steroid dienone is 6. The van der Waals surface area contributed by atoms with Gasteiger partial charge in [0.15, 0.2) is 0 Å². The van der Waals surface area contributed by atoms with Gasteiger partial charge in [0.05, 0.1) is 11.0 Å². The highest BCUT2D eigenvalue weighted by atomic mass is 16.7. The third-order valence-corrected chi connectivity index (χ3v) is 6.90. The molecule has 2 aromatic carbocycles. The highest BCUT2D eigenvalue weighted by Crippen LogP contribution is 2.36. The number of non-ortho nitro benzene ring substituents is 1. The summed E-state index contributed by atoms with van der Waals surface area (Å²) in [5.74, 6) is 1.41. The Morgan fingerprint density at radius 2 is 1.57 bits per heavy atom. The molecule has 0 saturated carbocycles. The van der Waals surface area contributed by atoms with Crippen molar-refractivity contribution in [2.24, 2.45) is 0 Å². The standard InChI is InChI=1S/C33H41NO6/c1-23(2)9-6-10-24(3)11-7-12-25(4)13-8-14-29-18-15-27-22-31(21-26(5)32(27)38-29)40-33(35)39-30-19-16-28(17-20-30)34(36)37/h9,11,13,16-17,19-22,29H,6-8,10,12,14-15,18H2,1-5H3/b24-11+,25-13+. The lowest BCUT2D eigenvalue weighted by molar-refractivity contribution is -0.384. The molecule has 40 heavy (non-hydrogen) atoms. The molecule has 0 aromatic heterocycles. The SMILES string of the molecule is CC(C)=CCC/C(C)=C/CC/C(C)=C/CCC1CCc2cc(OC(=O)Oc3ccc([N+](=O)[O-])cc3)cc(C)c2O1. The first kappa shape index (κ1) is 30.7. The third kappa shape index (κ3) is 10.0. The van der Waals surface area contributed by atoms with E-state index >= 15 is 0 Å². The Morgan fingerprint density at radius 3 is 2.23 bits per heavy atom. The zero-order valence-corrected chi connectivity index (χ0v) is 24.3. The minimum atomic E-state index is -0.903. The van der Waals surface area contributed by atoms with Crippen molar-refractivity contribution < 1.29 is 23.9 Å². The summed E-state index contributed by atoms with van der Waals surface area (Å²) >= 11 is 0.